The quantitative estimate of drug-likeness (QED) is 0.840. The zero-order chi connectivity index (χ0) is 13.1. The van der Waals surface area contributed by atoms with E-state index in [0.29, 0.717) is 11.1 Å². The Hall–Kier alpha value is -2.14. The van der Waals surface area contributed by atoms with Gasteiger partial charge in [0.2, 0.25) is 0 Å². The molecule has 92 valence electrons. The number of carbonyl (C=O) groups is 1. The second kappa shape index (κ2) is 5.01. The second-order valence-electron chi connectivity index (χ2n) is 3.53. The van der Waals surface area contributed by atoms with Gasteiger partial charge in [-0.2, -0.15) is 0 Å². The molecule has 0 aliphatic carbocycles. The summed E-state index contributed by atoms with van der Waals surface area (Å²) in [7, 11) is 1.33. The number of ether oxygens (including phenoxy) is 1. The number of anilines is 1. The summed E-state index contributed by atoms with van der Waals surface area (Å²) >= 11 is 5.77. The summed E-state index contributed by atoms with van der Waals surface area (Å²) in [4.78, 5) is 11.3. The Kier molecular flexibility index (Phi) is 3.43. The molecule has 0 fully saturated rings. The molecule has 2 N–H and O–H groups in total. The maximum absolute atomic E-state index is 11.3. The van der Waals surface area contributed by atoms with Crippen LogP contribution in [0.4, 0.5) is 5.82 Å². The van der Waals surface area contributed by atoms with Gasteiger partial charge in [-0.15, -0.1) is 10.2 Å². The summed E-state index contributed by atoms with van der Waals surface area (Å²) in [6, 6.07) is 8.41. The smallest absolute Gasteiger partial charge is 0.337 e. The molecule has 0 saturated heterocycles. The Labute approximate surface area is 109 Å². The number of nitrogen functional groups attached to an aromatic ring is 1. The first-order chi connectivity index (χ1) is 8.61. The topological polar surface area (TPSA) is 78.1 Å². The molecule has 1 aromatic heterocycles. The van der Waals surface area contributed by atoms with Crippen LogP contribution in [0.25, 0.3) is 11.1 Å². The van der Waals surface area contributed by atoms with Crippen LogP contribution in [0.3, 0.4) is 0 Å². The average Bonchev–Trinajstić information content (AvgIpc) is 2.41. The highest BCUT2D eigenvalue weighted by molar-refractivity contribution is 6.29. The monoisotopic (exact) mass is 263 g/mol. The molecule has 1 aromatic carbocycles. The first-order valence-corrected chi connectivity index (χ1v) is 5.47. The second-order valence-corrected chi connectivity index (χ2v) is 3.92. The van der Waals surface area contributed by atoms with Crippen LogP contribution >= 0.6 is 11.6 Å². The van der Waals surface area contributed by atoms with Gasteiger partial charge in [-0.3, -0.25) is 0 Å². The van der Waals surface area contributed by atoms with Crippen molar-refractivity contribution in [2.45, 2.75) is 0 Å². The third-order valence-corrected chi connectivity index (χ3v) is 2.59. The molecular formula is C12H10ClN3O2. The third-order valence-electron chi connectivity index (χ3n) is 2.41. The number of nitrogens with two attached hydrogens (primary N) is 1. The lowest BCUT2D eigenvalue weighted by Crippen LogP contribution is -2.01. The lowest BCUT2D eigenvalue weighted by Gasteiger charge is -2.05. The Balaban J connectivity index is 2.40. The lowest BCUT2D eigenvalue weighted by molar-refractivity contribution is 0.0601. The van der Waals surface area contributed by atoms with E-state index in [1.54, 1.807) is 30.3 Å². The highest BCUT2D eigenvalue weighted by Gasteiger charge is 2.08. The Bertz CT molecular complexity index is 584. The van der Waals surface area contributed by atoms with Crippen molar-refractivity contribution in [2.75, 3.05) is 12.8 Å². The maximum Gasteiger partial charge on any atom is 0.337 e. The van der Waals surface area contributed by atoms with Crippen molar-refractivity contribution < 1.29 is 9.53 Å². The summed E-state index contributed by atoms with van der Waals surface area (Å²) in [6.07, 6.45) is 0. The Morgan fingerprint density at radius 1 is 1.28 bits per heavy atom. The van der Waals surface area contributed by atoms with Gasteiger partial charge in [-0.1, -0.05) is 23.7 Å². The van der Waals surface area contributed by atoms with Crippen LogP contribution < -0.4 is 5.73 Å². The van der Waals surface area contributed by atoms with Crippen molar-refractivity contribution in [3.05, 3.63) is 41.0 Å². The predicted octanol–water partition coefficient (Wildman–Crippen LogP) is 2.17. The fourth-order valence-corrected chi connectivity index (χ4v) is 1.66. The van der Waals surface area contributed by atoms with E-state index in [4.69, 9.17) is 17.3 Å². The number of hydrogen-bond acceptors (Lipinski definition) is 5. The largest absolute Gasteiger partial charge is 0.465 e. The van der Waals surface area contributed by atoms with Gasteiger partial charge >= 0.3 is 5.97 Å². The molecule has 0 bridgehead atoms. The molecule has 0 aliphatic heterocycles. The minimum absolute atomic E-state index is 0.260. The van der Waals surface area contributed by atoms with E-state index in [-0.39, 0.29) is 16.9 Å². The molecule has 18 heavy (non-hydrogen) atoms. The van der Waals surface area contributed by atoms with Crippen LogP contribution in [0, 0.1) is 0 Å². The number of rotatable bonds is 2. The van der Waals surface area contributed by atoms with Crippen molar-refractivity contribution in [2.24, 2.45) is 0 Å². The van der Waals surface area contributed by atoms with Crippen molar-refractivity contribution >= 4 is 23.4 Å². The van der Waals surface area contributed by atoms with E-state index in [1.807, 2.05) is 0 Å². The molecule has 0 spiro atoms. The maximum atomic E-state index is 11.3. The number of aromatic nitrogens is 2. The molecule has 2 aromatic rings. The molecule has 1 heterocycles. The summed E-state index contributed by atoms with van der Waals surface area (Å²) < 4.78 is 4.62. The summed E-state index contributed by atoms with van der Waals surface area (Å²) in [5.41, 5.74) is 7.66. The minimum Gasteiger partial charge on any atom is -0.465 e. The number of benzene rings is 1. The van der Waals surface area contributed by atoms with Crippen LogP contribution in [0.1, 0.15) is 10.4 Å². The molecule has 6 heteroatoms. The van der Waals surface area contributed by atoms with Crippen LogP contribution in [0.15, 0.2) is 30.3 Å². The van der Waals surface area contributed by atoms with Gasteiger partial charge < -0.3 is 10.5 Å². The van der Waals surface area contributed by atoms with E-state index in [2.05, 4.69) is 14.9 Å². The number of methoxy groups -OCH3 is 1. The molecule has 0 unspecified atom stereocenters. The molecule has 0 aliphatic rings. The molecule has 0 amide bonds. The molecule has 2 rings (SSSR count). The normalized spacial score (nSPS) is 10.1. The number of carbonyl (C=O) groups excluding carboxylic acids is 1. The van der Waals surface area contributed by atoms with Crippen LogP contribution in [0.5, 0.6) is 0 Å². The minimum atomic E-state index is -0.389. The number of hydrogen-bond donors (Lipinski definition) is 1. The van der Waals surface area contributed by atoms with Gasteiger partial charge in [0.25, 0.3) is 0 Å². The van der Waals surface area contributed by atoms with Crippen LogP contribution in [-0.4, -0.2) is 23.3 Å². The average molecular weight is 264 g/mol. The van der Waals surface area contributed by atoms with E-state index in [0.717, 1.165) is 5.56 Å². The van der Waals surface area contributed by atoms with Gasteiger partial charge in [-0.05, 0) is 23.8 Å². The zero-order valence-electron chi connectivity index (χ0n) is 9.55. The van der Waals surface area contributed by atoms with Crippen molar-refractivity contribution in [1.29, 1.82) is 0 Å². The highest BCUT2D eigenvalue weighted by Crippen LogP contribution is 2.26. The van der Waals surface area contributed by atoms with Gasteiger partial charge in [0, 0.05) is 5.56 Å². The Morgan fingerprint density at radius 2 is 1.94 bits per heavy atom. The fraction of sp³-hybridized carbons (Fsp3) is 0.0833. The molecular weight excluding hydrogens is 254 g/mol. The van der Waals surface area contributed by atoms with E-state index in [1.165, 1.54) is 7.11 Å². The highest BCUT2D eigenvalue weighted by atomic mass is 35.5. The van der Waals surface area contributed by atoms with E-state index >= 15 is 0 Å². The first kappa shape index (κ1) is 12.3. The molecule has 0 saturated carbocycles. The van der Waals surface area contributed by atoms with E-state index in [9.17, 15) is 4.79 Å². The van der Waals surface area contributed by atoms with Gasteiger partial charge in [-0.25, -0.2) is 4.79 Å². The number of nitrogens with zero attached hydrogens (tertiary/aromatic N) is 2. The van der Waals surface area contributed by atoms with Gasteiger partial charge in [0.05, 0.1) is 12.7 Å². The molecule has 0 atom stereocenters. The summed E-state index contributed by atoms with van der Waals surface area (Å²) in [5, 5.41) is 7.63. The summed E-state index contributed by atoms with van der Waals surface area (Å²) in [5.74, 6) is -0.106. The van der Waals surface area contributed by atoms with Crippen LogP contribution in [-0.2, 0) is 4.74 Å². The van der Waals surface area contributed by atoms with E-state index < -0.39 is 0 Å². The molecule has 5 nitrogen and oxygen atoms in total. The van der Waals surface area contributed by atoms with Gasteiger partial charge in [0.15, 0.2) is 11.0 Å². The predicted molar refractivity (Wildman–Crippen MR) is 68.2 cm³/mol. The summed E-state index contributed by atoms with van der Waals surface area (Å²) in [6.45, 7) is 0. The third kappa shape index (κ3) is 2.41. The number of esters is 1. The van der Waals surface area contributed by atoms with Crippen LogP contribution in [0.2, 0.25) is 5.15 Å². The number of halogens is 1. The SMILES string of the molecule is COC(=O)c1ccc(-c2cc(Cl)nnc2N)cc1. The molecule has 0 radical (unpaired) electrons. The first-order valence-electron chi connectivity index (χ1n) is 5.09. The Morgan fingerprint density at radius 3 is 2.56 bits per heavy atom. The lowest BCUT2D eigenvalue weighted by atomic mass is 10.1. The van der Waals surface area contributed by atoms with Gasteiger partial charge in [0.1, 0.15) is 0 Å². The van der Waals surface area contributed by atoms with Crippen molar-refractivity contribution in [3.8, 4) is 11.1 Å². The van der Waals surface area contributed by atoms with Crippen molar-refractivity contribution in [1.82, 2.24) is 10.2 Å². The zero-order valence-corrected chi connectivity index (χ0v) is 10.3. The fourth-order valence-electron chi connectivity index (χ4n) is 1.51. The van der Waals surface area contributed by atoms with Crippen molar-refractivity contribution in [3.63, 3.8) is 0 Å². The standard InChI is InChI=1S/C12H10ClN3O2/c1-18-12(17)8-4-2-7(3-5-8)9-6-10(13)15-16-11(9)14/h2-6H,1H3,(H2,14,16).